The van der Waals surface area contributed by atoms with Crippen molar-refractivity contribution in [1.82, 2.24) is 10.1 Å². The molecule has 2 heterocycles. The molecule has 4 rings (SSSR count). The fourth-order valence-electron chi connectivity index (χ4n) is 3.15. The minimum atomic E-state index is -0.608. The van der Waals surface area contributed by atoms with Gasteiger partial charge >= 0.3 is 0 Å². The zero-order valence-electron chi connectivity index (χ0n) is 11.2. The summed E-state index contributed by atoms with van der Waals surface area (Å²) in [6.45, 7) is 1.11. The summed E-state index contributed by atoms with van der Waals surface area (Å²) >= 11 is 0. The number of fused-ring (bicyclic) bond motifs is 1. The normalized spacial score (nSPS) is 28.8. The lowest BCUT2D eigenvalue weighted by atomic mass is 9.99. The number of rotatable bonds is 2. The Morgan fingerprint density at radius 1 is 1.30 bits per heavy atom. The van der Waals surface area contributed by atoms with Crippen LogP contribution in [0.15, 0.2) is 28.8 Å². The first kappa shape index (κ1) is 12.1. The monoisotopic (exact) mass is 271 g/mol. The van der Waals surface area contributed by atoms with Crippen LogP contribution < -0.4 is 5.73 Å². The van der Waals surface area contributed by atoms with E-state index in [4.69, 9.17) is 15.0 Å². The molecular weight excluding hydrogens is 254 g/mol. The zero-order chi connectivity index (χ0) is 13.6. The molecule has 1 saturated heterocycles. The van der Waals surface area contributed by atoms with E-state index in [2.05, 4.69) is 34.4 Å². The molecule has 20 heavy (non-hydrogen) atoms. The molecule has 2 atom stereocenters. The molecule has 2 aromatic rings. The second-order valence-corrected chi connectivity index (χ2v) is 5.71. The second kappa shape index (κ2) is 4.40. The van der Waals surface area contributed by atoms with Gasteiger partial charge in [-0.25, -0.2) is 0 Å². The van der Waals surface area contributed by atoms with Crippen LogP contribution >= 0.6 is 0 Å². The summed E-state index contributed by atoms with van der Waals surface area (Å²) in [5.41, 5.74) is 8.36. The third-order valence-electron chi connectivity index (χ3n) is 4.36. The van der Waals surface area contributed by atoms with Gasteiger partial charge in [0.05, 0.1) is 6.61 Å². The van der Waals surface area contributed by atoms with Crippen LogP contribution in [-0.4, -0.2) is 23.4 Å². The molecule has 0 bridgehead atoms. The number of aryl methyl sites for hydroxylation is 1. The molecule has 0 amide bonds. The Labute approximate surface area is 117 Å². The average Bonchev–Trinajstić information content (AvgIpc) is 3.16. The highest BCUT2D eigenvalue weighted by atomic mass is 16.5. The van der Waals surface area contributed by atoms with Gasteiger partial charge in [0.1, 0.15) is 5.54 Å². The number of ether oxygens (including phenoxy) is 1. The number of nitrogens with zero attached hydrogens (tertiary/aromatic N) is 2. The molecule has 1 aliphatic carbocycles. The number of hydrogen-bond acceptors (Lipinski definition) is 5. The Morgan fingerprint density at radius 3 is 3.05 bits per heavy atom. The van der Waals surface area contributed by atoms with Crippen LogP contribution in [0.3, 0.4) is 0 Å². The summed E-state index contributed by atoms with van der Waals surface area (Å²) in [4.78, 5) is 4.56. The fourth-order valence-corrected chi connectivity index (χ4v) is 3.15. The summed E-state index contributed by atoms with van der Waals surface area (Å²) in [5.74, 6) is 1.49. The summed E-state index contributed by atoms with van der Waals surface area (Å²) in [6.07, 6.45) is 2.84. The Kier molecular flexibility index (Phi) is 2.65. The Morgan fingerprint density at radius 2 is 2.20 bits per heavy atom. The zero-order valence-corrected chi connectivity index (χ0v) is 11.2. The summed E-state index contributed by atoms with van der Waals surface area (Å²) < 4.78 is 10.8. The van der Waals surface area contributed by atoms with Crippen LogP contribution in [0.2, 0.25) is 0 Å². The van der Waals surface area contributed by atoms with Gasteiger partial charge in [-0.1, -0.05) is 29.4 Å². The van der Waals surface area contributed by atoms with Gasteiger partial charge in [0.2, 0.25) is 5.89 Å². The van der Waals surface area contributed by atoms with Crippen LogP contribution in [0, 0.1) is 0 Å². The van der Waals surface area contributed by atoms with Crippen molar-refractivity contribution in [3.8, 4) is 0 Å². The molecule has 5 heteroatoms. The predicted molar refractivity (Wildman–Crippen MR) is 72.2 cm³/mol. The van der Waals surface area contributed by atoms with Crippen molar-refractivity contribution in [2.75, 3.05) is 13.2 Å². The van der Waals surface area contributed by atoms with E-state index in [1.807, 2.05) is 0 Å². The minimum Gasteiger partial charge on any atom is -0.379 e. The Balaban J connectivity index is 1.66. The second-order valence-electron chi connectivity index (χ2n) is 5.71. The smallest absolute Gasteiger partial charge is 0.249 e. The molecule has 1 aromatic carbocycles. The van der Waals surface area contributed by atoms with Crippen LogP contribution in [0.5, 0.6) is 0 Å². The van der Waals surface area contributed by atoms with Crippen molar-refractivity contribution < 1.29 is 9.26 Å². The van der Waals surface area contributed by atoms with Gasteiger partial charge in [0.15, 0.2) is 5.82 Å². The van der Waals surface area contributed by atoms with E-state index in [1.54, 1.807) is 0 Å². The first-order valence-electron chi connectivity index (χ1n) is 7.05. The molecule has 2 aliphatic rings. The van der Waals surface area contributed by atoms with Gasteiger partial charge in [0.25, 0.3) is 0 Å². The number of aromatic nitrogens is 2. The van der Waals surface area contributed by atoms with E-state index < -0.39 is 5.54 Å². The highest BCUT2D eigenvalue weighted by molar-refractivity contribution is 5.38. The maximum absolute atomic E-state index is 6.27. The van der Waals surface area contributed by atoms with E-state index in [-0.39, 0.29) is 5.92 Å². The Bertz CT molecular complexity index is 632. The third-order valence-corrected chi connectivity index (χ3v) is 4.36. The summed E-state index contributed by atoms with van der Waals surface area (Å²) in [6, 6.07) is 8.46. The quantitative estimate of drug-likeness (QED) is 0.900. The molecule has 0 radical (unpaired) electrons. The third kappa shape index (κ3) is 1.77. The number of nitrogens with two attached hydrogens (primary N) is 1. The van der Waals surface area contributed by atoms with Gasteiger partial charge in [-0.05, 0) is 30.4 Å². The van der Waals surface area contributed by atoms with E-state index in [0.717, 1.165) is 25.1 Å². The minimum absolute atomic E-state index is 0.231. The van der Waals surface area contributed by atoms with Crippen molar-refractivity contribution >= 4 is 0 Å². The van der Waals surface area contributed by atoms with E-state index >= 15 is 0 Å². The molecule has 1 aliphatic heterocycles. The molecule has 2 unspecified atom stereocenters. The van der Waals surface area contributed by atoms with Crippen molar-refractivity contribution in [3.05, 3.63) is 47.1 Å². The lowest BCUT2D eigenvalue weighted by Crippen LogP contribution is -2.37. The standard InChI is InChI=1S/C15H17N3O2/c16-15(7-8-19-9-15)14-17-13(18-20-14)12-6-5-10-3-1-2-4-11(10)12/h1-4,12H,5-9,16H2. The van der Waals surface area contributed by atoms with Crippen molar-refractivity contribution in [3.63, 3.8) is 0 Å². The number of hydrogen-bond donors (Lipinski definition) is 1. The maximum Gasteiger partial charge on any atom is 0.249 e. The lowest BCUT2D eigenvalue weighted by molar-refractivity contribution is 0.166. The van der Waals surface area contributed by atoms with E-state index in [0.29, 0.717) is 19.1 Å². The SMILES string of the molecule is NC1(c2nc(C3CCc4ccccc43)no2)CCOC1. The molecular formula is C15H17N3O2. The van der Waals surface area contributed by atoms with Crippen LogP contribution in [0.1, 0.15) is 41.6 Å². The van der Waals surface area contributed by atoms with Crippen molar-refractivity contribution in [2.45, 2.75) is 30.7 Å². The Hall–Kier alpha value is -1.72. The van der Waals surface area contributed by atoms with Gasteiger partial charge in [-0.2, -0.15) is 4.98 Å². The summed E-state index contributed by atoms with van der Waals surface area (Å²) in [5, 5.41) is 4.17. The molecule has 5 nitrogen and oxygen atoms in total. The molecule has 2 N–H and O–H groups in total. The topological polar surface area (TPSA) is 74.2 Å². The van der Waals surface area contributed by atoms with Gasteiger partial charge < -0.3 is 15.0 Å². The molecule has 0 saturated carbocycles. The van der Waals surface area contributed by atoms with Gasteiger partial charge in [0, 0.05) is 12.5 Å². The van der Waals surface area contributed by atoms with Crippen LogP contribution in [0.4, 0.5) is 0 Å². The molecule has 104 valence electrons. The van der Waals surface area contributed by atoms with Crippen molar-refractivity contribution in [1.29, 1.82) is 0 Å². The molecule has 0 spiro atoms. The van der Waals surface area contributed by atoms with E-state index in [1.165, 1.54) is 11.1 Å². The van der Waals surface area contributed by atoms with Crippen molar-refractivity contribution in [2.24, 2.45) is 5.73 Å². The fraction of sp³-hybridized carbons (Fsp3) is 0.467. The predicted octanol–water partition coefficient (Wildman–Crippen LogP) is 1.72. The molecule has 1 aromatic heterocycles. The number of benzene rings is 1. The van der Waals surface area contributed by atoms with Crippen LogP contribution in [0.25, 0.3) is 0 Å². The molecule has 1 fully saturated rings. The van der Waals surface area contributed by atoms with E-state index in [9.17, 15) is 0 Å². The highest BCUT2D eigenvalue weighted by Crippen LogP contribution is 2.37. The first-order valence-corrected chi connectivity index (χ1v) is 7.05. The highest BCUT2D eigenvalue weighted by Gasteiger charge is 2.39. The largest absolute Gasteiger partial charge is 0.379 e. The van der Waals surface area contributed by atoms with Crippen LogP contribution in [-0.2, 0) is 16.7 Å². The average molecular weight is 271 g/mol. The van der Waals surface area contributed by atoms with Gasteiger partial charge in [-0.15, -0.1) is 0 Å². The maximum atomic E-state index is 6.27. The summed E-state index contributed by atoms with van der Waals surface area (Å²) in [7, 11) is 0. The first-order chi connectivity index (χ1) is 9.76. The van der Waals surface area contributed by atoms with Gasteiger partial charge in [-0.3, -0.25) is 0 Å². The lowest BCUT2D eigenvalue weighted by Gasteiger charge is -2.15.